The Labute approximate surface area is 96.0 Å². The number of carbonyl (C=O) groups excluding carboxylic acids is 1. The molecule has 1 aromatic heterocycles. The lowest BCUT2D eigenvalue weighted by atomic mass is 10.1. The Morgan fingerprint density at radius 3 is 3.00 bits per heavy atom. The fraction of sp³-hybridized carbons (Fsp3) is 0.500. The Morgan fingerprint density at radius 2 is 2.29 bits per heavy atom. The quantitative estimate of drug-likeness (QED) is 0.734. The number of carbonyl (C=O) groups is 1. The van der Waals surface area contributed by atoms with Crippen LogP contribution in [0, 0.1) is 0 Å². The highest BCUT2D eigenvalue weighted by Gasteiger charge is 2.19. The second-order valence-corrected chi connectivity index (χ2v) is 6.03. The van der Waals surface area contributed by atoms with Gasteiger partial charge in [-0.3, -0.25) is 4.79 Å². The summed E-state index contributed by atoms with van der Waals surface area (Å²) in [6.45, 7) is 2.02. The van der Waals surface area contributed by atoms with Crippen molar-refractivity contribution in [2.24, 2.45) is 0 Å². The lowest BCUT2D eigenvalue weighted by Gasteiger charge is -2.12. The maximum Gasteiger partial charge on any atom is 0.160 e. The normalized spacial score (nSPS) is 17.6. The van der Waals surface area contributed by atoms with Crippen molar-refractivity contribution >= 4 is 33.6 Å². The van der Waals surface area contributed by atoms with E-state index in [0.29, 0.717) is 0 Å². The van der Waals surface area contributed by atoms with E-state index >= 15 is 0 Å². The SMILES string of the molecule is CN1CCCc2c(Br)sc(C=O)c2C1. The molecule has 0 radical (unpaired) electrons. The van der Waals surface area contributed by atoms with Gasteiger partial charge in [-0.15, -0.1) is 11.3 Å². The maximum atomic E-state index is 10.9. The lowest BCUT2D eigenvalue weighted by Crippen LogP contribution is -2.17. The number of hydrogen-bond donors (Lipinski definition) is 0. The zero-order valence-electron chi connectivity index (χ0n) is 8.05. The Balaban J connectivity index is 2.46. The first-order valence-electron chi connectivity index (χ1n) is 4.66. The van der Waals surface area contributed by atoms with E-state index < -0.39 is 0 Å². The van der Waals surface area contributed by atoms with Gasteiger partial charge in [0.05, 0.1) is 8.66 Å². The Hall–Kier alpha value is -0.190. The van der Waals surface area contributed by atoms with Gasteiger partial charge < -0.3 is 4.90 Å². The average Bonchev–Trinajstić information content (AvgIpc) is 2.36. The van der Waals surface area contributed by atoms with Crippen molar-refractivity contribution in [3.05, 3.63) is 19.8 Å². The molecule has 0 atom stereocenters. The molecule has 1 aliphatic heterocycles. The molecule has 0 unspecified atom stereocenters. The highest BCUT2D eigenvalue weighted by molar-refractivity contribution is 9.11. The van der Waals surface area contributed by atoms with Gasteiger partial charge in [-0.05, 0) is 53.5 Å². The minimum Gasteiger partial charge on any atom is -0.302 e. The second kappa shape index (κ2) is 4.13. The molecule has 1 aliphatic rings. The first kappa shape index (κ1) is 10.3. The number of nitrogens with zero attached hydrogens (tertiary/aromatic N) is 1. The summed E-state index contributed by atoms with van der Waals surface area (Å²) < 4.78 is 1.14. The molecule has 0 spiro atoms. The topological polar surface area (TPSA) is 20.3 Å². The Kier molecular flexibility index (Phi) is 3.04. The van der Waals surface area contributed by atoms with Gasteiger partial charge in [0.2, 0.25) is 0 Å². The molecule has 76 valence electrons. The van der Waals surface area contributed by atoms with Crippen LogP contribution >= 0.6 is 27.3 Å². The standard InChI is InChI=1S/C10H12BrNOS/c1-12-4-2-3-7-8(5-12)9(6-13)14-10(7)11/h6H,2-5H2,1H3. The maximum absolute atomic E-state index is 10.9. The fourth-order valence-corrected chi connectivity index (χ4v) is 3.74. The molecule has 0 amide bonds. The summed E-state index contributed by atoms with van der Waals surface area (Å²) in [4.78, 5) is 14.0. The van der Waals surface area contributed by atoms with Crippen LogP contribution in [0.3, 0.4) is 0 Å². The van der Waals surface area contributed by atoms with Gasteiger partial charge in [0, 0.05) is 6.54 Å². The van der Waals surface area contributed by atoms with Crippen molar-refractivity contribution < 1.29 is 4.79 Å². The molecule has 0 N–H and O–H groups in total. The van der Waals surface area contributed by atoms with Crippen LogP contribution in [0.25, 0.3) is 0 Å². The smallest absolute Gasteiger partial charge is 0.160 e. The van der Waals surface area contributed by atoms with Crippen LogP contribution in [0.2, 0.25) is 0 Å². The molecule has 0 aliphatic carbocycles. The zero-order valence-corrected chi connectivity index (χ0v) is 10.4. The summed E-state index contributed by atoms with van der Waals surface area (Å²) in [7, 11) is 2.11. The summed E-state index contributed by atoms with van der Waals surface area (Å²) in [6.07, 6.45) is 3.25. The van der Waals surface area contributed by atoms with Crippen LogP contribution in [0.1, 0.15) is 27.2 Å². The van der Waals surface area contributed by atoms with Crippen LogP contribution < -0.4 is 0 Å². The van der Waals surface area contributed by atoms with Gasteiger partial charge >= 0.3 is 0 Å². The van der Waals surface area contributed by atoms with Gasteiger partial charge in [-0.1, -0.05) is 0 Å². The summed E-state index contributed by atoms with van der Waals surface area (Å²) >= 11 is 5.10. The number of fused-ring (bicyclic) bond motifs is 1. The van der Waals surface area contributed by atoms with Crippen LogP contribution in [0.4, 0.5) is 0 Å². The van der Waals surface area contributed by atoms with E-state index in [-0.39, 0.29) is 0 Å². The van der Waals surface area contributed by atoms with Gasteiger partial charge in [0.1, 0.15) is 0 Å². The zero-order chi connectivity index (χ0) is 10.1. The molecule has 0 saturated carbocycles. The molecule has 4 heteroatoms. The monoisotopic (exact) mass is 273 g/mol. The molecule has 0 fully saturated rings. The number of halogens is 1. The van der Waals surface area contributed by atoms with Crippen molar-refractivity contribution in [2.75, 3.05) is 13.6 Å². The summed E-state index contributed by atoms with van der Waals surface area (Å²) in [5, 5.41) is 0. The first-order valence-corrected chi connectivity index (χ1v) is 6.27. The van der Waals surface area contributed by atoms with Crippen molar-refractivity contribution in [1.82, 2.24) is 4.90 Å². The third-order valence-electron chi connectivity index (χ3n) is 2.60. The second-order valence-electron chi connectivity index (χ2n) is 3.66. The molecular formula is C10H12BrNOS. The van der Waals surface area contributed by atoms with Crippen molar-refractivity contribution in [3.63, 3.8) is 0 Å². The molecule has 0 saturated heterocycles. The van der Waals surface area contributed by atoms with E-state index in [1.165, 1.54) is 17.5 Å². The molecule has 2 heterocycles. The molecule has 14 heavy (non-hydrogen) atoms. The highest BCUT2D eigenvalue weighted by atomic mass is 79.9. The molecule has 2 nitrogen and oxygen atoms in total. The Bertz CT molecular complexity index is 361. The van der Waals surface area contributed by atoms with Crippen LogP contribution in [0.5, 0.6) is 0 Å². The minimum absolute atomic E-state index is 0.889. The minimum atomic E-state index is 0.889. The first-order chi connectivity index (χ1) is 6.72. The predicted molar refractivity (Wildman–Crippen MR) is 62.1 cm³/mol. The van der Waals surface area contributed by atoms with Gasteiger partial charge in [0.15, 0.2) is 6.29 Å². The van der Waals surface area contributed by atoms with Crippen molar-refractivity contribution in [2.45, 2.75) is 19.4 Å². The van der Waals surface area contributed by atoms with E-state index in [2.05, 4.69) is 27.9 Å². The number of aldehydes is 1. The van der Waals surface area contributed by atoms with E-state index in [1.54, 1.807) is 11.3 Å². The highest BCUT2D eigenvalue weighted by Crippen LogP contribution is 2.35. The van der Waals surface area contributed by atoms with E-state index in [9.17, 15) is 4.79 Å². The largest absolute Gasteiger partial charge is 0.302 e. The average molecular weight is 274 g/mol. The molecule has 0 aromatic carbocycles. The number of rotatable bonds is 1. The predicted octanol–water partition coefficient (Wildman–Crippen LogP) is 2.70. The summed E-state index contributed by atoms with van der Waals surface area (Å²) in [5.74, 6) is 0. The van der Waals surface area contributed by atoms with Crippen molar-refractivity contribution in [3.8, 4) is 0 Å². The fourth-order valence-electron chi connectivity index (χ4n) is 1.88. The van der Waals surface area contributed by atoms with Gasteiger partial charge in [-0.25, -0.2) is 0 Å². The number of hydrogen-bond acceptors (Lipinski definition) is 3. The summed E-state index contributed by atoms with van der Waals surface area (Å²) in [6, 6.07) is 0. The van der Waals surface area contributed by atoms with Gasteiger partial charge in [0.25, 0.3) is 0 Å². The molecule has 1 aromatic rings. The van der Waals surface area contributed by atoms with Crippen LogP contribution in [0.15, 0.2) is 3.79 Å². The van der Waals surface area contributed by atoms with Crippen LogP contribution in [-0.4, -0.2) is 24.8 Å². The van der Waals surface area contributed by atoms with Crippen molar-refractivity contribution in [1.29, 1.82) is 0 Å². The van der Waals surface area contributed by atoms with Crippen LogP contribution in [-0.2, 0) is 13.0 Å². The Morgan fingerprint density at radius 1 is 1.50 bits per heavy atom. The lowest BCUT2D eigenvalue weighted by molar-refractivity contribution is 0.112. The molecule has 0 bridgehead atoms. The number of thiophene rings is 1. The third kappa shape index (κ3) is 1.78. The van der Waals surface area contributed by atoms with E-state index in [4.69, 9.17) is 0 Å². The van der Waals surface area contributed by atoms with E-state index in [1.807, 2.05) is 0 Å². The third-order valence-corrected chi connectivity index (χ3v) is 4.55. The molecular weight excluding hydrogens is 262 g/mol. The van der Waals surface area contributed by atoms with E-state index in [0.717, 1.165) is 34.5 Å². The summed E-state index contributed by atoms with van der Waals surface area (Å²) in [5.41, 5.74) is 2.58. The van der Waals surface area contributed by atoms with Gasteiger partial charge in [-0.2, -0.15) is 0 Å². The molecule has 2 rings (SSSR count).